The van der Waals surface area contributed by atoms with E-state index in [1.165, 1.54) is 0 Å². The lowest BCUT2D eigenvalue weighted by Crippen LogP contribution is -2.36. The van der Waals surface area contributed by atoms with Crippen LogP contribution in [0.4, 0.5) is 5.69 Å². The number of ether oxygens (including phenoxy) is 1. The number of hydrogen-bond donors (Lipinski definition) is 2. The third-order valence-electron chi connectivity index (χ3n) is 5.10. The Hall–Kier alpha value is -2.85. The normalized spacial score (nSPS) is 24.8. The van der Waals surface area contributed by atoms with E-state index in [2.05, 4.69) is 21.6 Å². The Morgan fingerprint density at radius 2 is 2.38 bits per heavy atom. The summed E-state index contributed by atoms with van der Waals surface area (Å²) in [7, 11) is 0. The Kier molecular flexibility index (Phi) is 4.13. The van der Waals surface area contributed by atoms with Crippen molar-refractivity contribution in [1.82, 2.24) is 15.1 Å². The molecule has 0 saturated carbocycles. The standard InChI is InChI=1S/C19H21N5O2/c1-13-7-17(23-22-13)18(25)24-6-5-19(12-24)9-16(11-26-19)21-15-4-2-3-14(8-15)10-20/h2-4,7-8,16,21H,5-6,9,11-12H2,1H3,(H,22,23)/t16-,19+/m1/s1. The van der Waals surface area contributed by atoms with Crippen molar-refractivity contribution in [3.63, 3.8) is 0 Å². The lowest BCUT2D eigenvalue weighted by Gasteiger charge is -2.23. The molecule has 0 bridgehead atoms. The van der Waals surface area contributed by atoms with Crippen molar-refractivity contribution in [3.8, 4) is 6.07 Å². The fourth-order valence-corrected chi connectivity index (χ4v) is 3.84. The Labute approximate surface area is 152 Å². The van der Waals surface area contributed by atoms with E-state index in [0.717, 1.165) is 24.2 Å². The smallest absolute Gasteiger partial charge is 0.274 e. The number of amides is 1. The van der Waals surface area contributed by atoms with Crippen LogP contribution >= 0.6 is 0 Å². The molecular formula is C19H21N5O2. The molecule has 2 saturated heterocycles. The highest BCUT2D eigenvalue weighted by molar-refractivity contribution is 5.92. The van der Waals surface area contributed by atoms with Gasteiger partial charge in [0.2, 0.25) is 0 Å². The lowest BCUT2D eigenvalue weighted by atomic mass is 9.97. The van der Waals surface area contributed by atoms with Crippen LogP contribution in [-0.4, -0.2) is 52.3 Å². The van der Waals surface area contributed by atoms with E-state index in [1.54, 1.807) is 12.1 Å². The minimum atomic E-state index is -0.286. The van der Waals surface area contributed by atoms with Crippen molar-refractivity contribution in [1.29, 1.82) is 5.26 Å². The van der Waals surface area contributed by atoms with Crippen LogP contribution in [0.15, 0.2) is 30.3 Å². The summed E-state index contributed by atoms with van der Waals surface area (Å²) in [4.78, 5) is 14.4. The molecule has 134 valence electrons. The van der Waals surface area contributed by atoms with E-state index >= 15 is 0 Å². The number of nitriles is 1. The average molecular weight is 351 g/mol. The summed E-state index contributed by atoms with van der Waals surface area (Å²) in [5, 5.41) is 19.4. The van der Waals surface area contributed by atoms with Crippen molar-refractivity contribution in [2.75, 3.05) is 25.0 Å². The highest BCUT2D eigenvalue weighted by atomic mass is 16.5. The SMILES string of the molecule is Cc1cc(C(=O)N2CC[C@]3(C[C@@H](Nc4cccc(C#N)c4)CO3)C2)n[nH]1. The summed E-state index contributed by atoms with van der Waals surface area (Å²) in [6, 6.07) is 11.6. The number of aryl methyl sites for hydroxylation is 1. The summed E-state index contributed by atoms with van der Waals surface area (Å²) >= 11 is 0. The number of anilines is 1. The maximum Gasteiger partial charge on any atom is 0.274 e. The van der Waals surface area contributed by atoms with Gasteiger partial charge in [0, 0.05) is 24.3 Å². The fourth-order valence-electron chi connectivity index (χ4n) is 3.84. The Bertz CT molecular complexity index is 871. The van der Waals surface area contributed by atoms with E-state index in [0.29, 0.717) is 31.0 Å². The minimum absolute atomic E-state index is 0.0482. The van der Waals surface area contributed by atoms with Gasteiger partial charge >= 0.3 is 0 Å². The number of hydrogen-bond acceptors (Lipinski definition) is 5. The largest absolute Gasteiger partial charge is 0.380 e. The first kappa shape index (κ1) is 16.6. The molecule has 0 unspecified atom stereocenters. The van der Waals surface area contributed by atoms with Gasteiger partial charge in [-0.2, -0.15) is 10.4 Å². The first-order chi connectivity index (χ1) is 12.6. The number of rotatable bonds is 3. The second-order valence-electron chi connectivity index (χ2n) is 7.14. The number of aromatic amines is 1. The summed E-state index contributed by atoms with van der Waals surface area (Å²) in [5.74, 6) is -0.0482. The van der Waals surface area contributed by atoms with Gasteiger partial charge in [-0.15, -0.1) is 0 Å². The Morgan fingerprint density at radius 3 is 3.15 bits per heavy atom. The average Bonchev–Trinajstić information content (AvgIpc) is 3.36. The van der Waals surface area contributed by atoms with Crippen molar-refractivity contribution in [2.45, 2.75) is 31.4 Å². The molecule has 1 aromatic carbocycles. The summed E-state index contributed by atoms with van der Waals surface area (Å²) in [6.45, 7) is 3.75. The van der Waals surface area contributed by atoms with Crippen LogP contribution in [0.25, 0.3) is 0 Å². The zero-order chi connectivity index (χ0) is 18.1. The van der Waals surface area contributed by atoms with Gasteiger partial charge in [-0.25, -0.2) is 0 Å². The van der Waals surface area contributed by atoms with Gasteiger partial charge in [0.05, 0.1) is 36.4 Å². The molecule has 2 aliphatic rings. The van der Waals surface area contributed by atoms with Crippen LogP contribution in [0.3, 0.4) is 0 Å². The van der Waals surface area contributed by atoms with E-state index in [4.69, 9.17) is 10.00 Å². The van der Waals surface area contributed by atoms with Crippen molar-refractivity contribution < 1.29 is 9.53 Å². The Balaban J connectivity index is 1.39. The highest BCUT2D eigenvalue weighted by Crippen LogP contribution is 2.36. The van der Waals surface area contributed by atoms with Gasteiger partial charge in [-0.3, -0.25) is 9.89 Å². The predicted octanol–water partition coefficient (Wildman–Crippen LogP) is 2.08. The number of benzene rings is 1. The zero-order valence-corrected chi connectivity index (χ0v) is 14.7. The first-order valence-electron chi connectivity index (χ1n) is 8.79. The summed E-state index contributed by atoms with van der Waals surface area (Å²) < 4.78 is 6.11. The van der Waals surface area contributed by atoms with Gasteiger partial charge in [0.15, 0.2) is 0 Å². The summed E-state index contributed by atoms with van der Waals surface area (Å²) in [5.41, 5.74) is 2.61. The zero-order valence-electron chi connectivity index (χ0n) is 14.7. The minimum Gasteiger partial charge on any atom is -0.380 e. The molecule has 0 radical (unpaired) electrons. The molecule has 1 amide bonds. The maximum atomic E-state index is 12.6. The number of carbonyl (C=O) groups is 1. The molecule has 4 rings (SSSR count). The van der Waals surface area contributed by atoms with Gasteiger partial charge in [-0.05, 0) is 37.6 Å². The lowest BCUT2D eigenvalue weighted by molar-refractivity contribution is 0.0124. The van der Waals surface area contributed by atoms with Crippen LogP contribution in [0.2, 0.25) is 0 Å². The fraction of sp³-hybridized carbons (Fsp3) is 0.421. The molecular weight excluding hydrogens is 330 g/mol. The van der Waals surface area contributed by atoms with Gasteiger partial charge in [0.1, 0.15) is 5.69 Å². The van der Waals surface area contributed by atoms with Crippen LogP contribution in [-0.2, 0) is 4.74 Å². The molecule has 0 aliphatic carbocycles. The monoisotopic (exact) mass is 351 g/mol. The Morgan fingerprint density at radius 1 is 1.50 bits per heavy atom. The number of H-pyrrole nitrogens is 1. The number of aromatic nitrogens is 2. The topological polar surface area (TPSA) is 94.0 Å². The van der Waals surface area contributed by atoms with Gasteiger partial charge < -0.3 is 15.0 Å². The van der Waals surface area contributed by atoms with Crippen molar-refractivity contribution in [3.05, 3.63) is 47.3 Å². The number of likely N-dealkylation sites (tertiary alicyclic amines) is 1. The number of nitrogens with zero attached hydrogens (tertiary/aromatic N) is 3. The predicted molar refractivity (Wildman–Crippen MR) is 95.7 cm³/mol. The van der Waals surface area contributed by atoms with E-state index < -0.39 is 0 Å². The summed E-state index contributed by atoms with van der Waals surface area (Å²) in [6.07, 6.45) is 1.67. The second kappa shape index (κ2) is 6.46. The van der Waals surface area contributed by atoms with Crippen molar-refractivity contribution in [2.24, 2.45) is 0 Å². The highest BCUT2D eigenvalue weighted by Gasteiger charge is 2.47. The van der Waals surface area contributed by atoms with E-state index in [-0.39, 0.29) is 17.6 Å². The molecule has 3 heterocycles. The molecule has 7 heteroatoms. The second-order valence-corrected chi connectivity index (χ2v) is 7.14. The molecule has 1 spiro atoms. The maximum absolute atomic E-state index is 12.6. The quantitative estimate of drug-likeness (QED) is 0.883. The van der Waals surface area contributed by atoms with Gasteiger partial charge in [-0.1, -0.05) is 6.07 Å². The van der Waals surface area contributed by atoms with E-state index in [9.17, 15) is 4.79 Å². The third-order valence-corrected chi connectivity index (χ3v) is 5.10. The third kappa shape index (κ3) is 3.16. The van der Waals surface area contributed by atoms with E-state index in [1.807, 2.05) is 30.0 Å². The molecule has 2 fully saturated rings. The van der Waals surface area contributed by atoms with Crippen LogP contribution in [0.5, 0.6) is 0 Å². The molecule has 1 aromatic heterocycles. The molecule has 2 N–H and O–H groups in total. The first-order valence-corrected chi connectivity index (χ1v) is 8.79. The molecule has 7 nitrogen and oxygen atoms in total. The molecule has 26 heavy (non-hydrogen) atoms. The van der Waals surface area contributed by atoms with Crippen LogP contribution in [0.1, 0.15) is 34.6 Å². The van der Waals surface area contributed by atoms with Crippen LogP contribution in [0, 0.1) is 18.3 Å². The van der Waals surface area contributed by atoms with Crippen molar-refractivity contribution >= 4 is 11.6 Å². The van der Waals surface area contributed by atoms with Gasteiger partial charge in [0.25, 0.3) is 5.91 Å². The number of nitrogens with one attached hydrogen (secondary N) is 2. The van der Waals surface area contributed by atoms with Crippen LogP contribution < -0.4 is 5.32 Å². The molecule has 2 atom stereocenters. The molecule has 2 aliphatic heterocycles. The number of carbonyl (C=O) groups excluding carboxylic acids is 1. The molecule has 2 aromatic rings.